The number of nitrogen functional groups attached to an aromatic ring is 2. The number of imidazole rings is 2. The Kier molecular flexibility index (Phi) is 10.3. The number of alkyl halides is 2. The van der Waals surface area contributed by atoms with Crippen molar-refractivity contribution in [1.29, 1.82) is 0 Å². The third kappa shape index (κ3) is 6.98. The van der Waals surface area contributed by atoms with Gasteiger partial charge in [0.15, 0.2) is 28.7 Å². The van der Waals surface area contributed by atoms with Gasteiger partial charge in [-0.1, -0.05) is 4.49 Å². The van der Waals surface area contributed by atoms with Crippen molar-refractivity contribution >= 4 is 53.9 Å². The SMILES string of the molecule is COCC1OC(n2cnc3c(N)ncnc32)CC1OP(N[S+]([O-])CC(F)F)OCC1OC(n2cnc3c(N)ncnc32)CC1OC. The molecule has 0 amide bonds. The Hall–Kier alpha value is -2.98. The normalized spacial score (nSPS) is 26.5. The molecule has 6 rings (SSSR count). The molecular formula is C24H32F2N11O7PS. The number of rotatable bonds is 14. The van der Waals surface area contributed by atoms with Gasteiger partial charge in [0.05, 0.1) is 49.4 Å². The van der Waals surface area contributed by atoms with Crippen LogP contribution < -0.4 is 16.0 Å². The van der Waals surface area contributed by atoms with Crippen molar-refractivity contribution in [3.8, 4) is 0 Å². The molecule has 46 heavy (non-hydrogen) atoms. The monoisotopic (exact) mass is 687 g/mol. The van der Waals surface area contributed by atoms with Gasteiger partial charge in [-0.3, -0.25) is 9.13 Å². The molecule has 4 aromatic rings. The van der Waals surface area contributed by atoms with Crippen LogP contribution in [0.3, 0.4) is 0 Å². The summed E-state index contributed by atoms with van der Waals surface area (Å²) in [6.07, 6.45) is 0.206. The van der Waals surface area contributed by atoms with Crippen molar-refractivity contribution in [2.75, 3.05) is 44.7 Å². The smallest absolute Gasteiger partial charge is 0.301 e. The summed E-state index contributed by atoms with van der Waals surface area (Å²) in [5, 5.41) is 0. The molecule has 8 atom stereocenters. The minimum Gasteiger partial charge on any atom is -0.598 e. The average Bonchev–Trinajstić information content (AvgIpc) is 3.81. The first-order valence-corrected chi connectivity index (χ1v) is 16.5. The van der Waals surface area contributed by atoms with E-state index in [9.17, 15) is 13.3 Å². The highest BCUT2D eigenvalue weighted by molar-refractivity contribution is 7.94. The van der Waals surface area contributed by atoms with E-state index in [1.807, 2.05) is 0 Å². The topological polar surface area (TPSA) is 230 Å². The summed E-state index contributed by atoms with van der Waals surface area (Å²) in [7, 11) is 0.834. The van der Waals surface area contributed by atoms with Crippen LogP contribution in [0.5, 0.6) is 0 Å². The molecule has 0 aliphatic carbocycles. The number of nitrogens with one attached hydrogen (secondary N) is 1. The van der Waals surface area contributed by atoms with Crippen molar-refractivity contribution in [2.45, 2.75) is 56.1 Å². The predicted octanol–water partition coefficient (Wildman–Crippen LogP) is 1.21. The summed E-state index contributed by atoms with van der Waals surface area (Å²) < 4.78 is 80.5. The number of aromatic nitrogens is 8. The second-order valence-electron chi connectivity index (χ2n) is 10.3. The summed E-state index contributed by atoms with van der Waals surface area (Å²) >= 11 is -2.17. The number of hydrogen-bond acceptors (Lipinski definition) is 16. The zero-order chi connectivity index (χ0) is 32.4. The van der Waals surface area contributed by atoms with Crippen LogP contribution in [-0.4, -0.2) is 108 Å². The first-order valence-electron chi connectivity index (χ1n) is 14.0. The van der Waals surface area contributed by atoms with Crippen LogP contribution in [0, 0.1) is 0 Å². The molecule has 0 saturated carbocycles. The van der Waals surface area contributed by atoms with E-state index in [0.29, 0.717) is 28.7 Å². The van der Waals surface area contributed by atoms with Gasteiger partial charge in [-0.25, -0.2) is 38.7 Å². The number of hydrogen-bond donors (Lipinski definition) is 3. The molecule has 0 bridgehead atoms. The number of nitrogens with zero attached hydrogens (tertiary/aromatic N) is 8. The zero-order valence-electron chi connectivity index (χ0n) is 24.6. The van der Waals surface area contributed by atoms with Crippen molar-refractivity contribution in [3.63, 3.8) is 0 Å². The average molecular weight is 688 g/mol. The predicted molar refractivity (Wildman–Crippen MR) is 159 cm³/mol. The molecule has 6 heterocycles. The maximum atomic E-state index is 13.1. The highest BCUT2D eigenvalue weighted by Gasteiger charge is 2.42. The number of nitrogens with two attached hydrogens (primary N) is 2. The standard InChI is InChI=1S/C24H32F2N11O7PS/c1-39-5-14-13(4-18(42-14)37-11-34-20-22(28)30-9-32-24(20)37)44-45(35-46(38)7-16(25)26)41-6-15-12(40-2)3-17(43-15)36-10-33-19-21(27)29-8-31-23(19)36/h8-18,35H,3-7H2,1-2H3,(H2,27,29,31)(H2,28,30,32). The first-order chi connectivity index (χ1) is 22.2. The van der Waals surface area contributed by atoms with Gasteiger partial charge in [0.1, 0.15) is 48.4 Å². The van der Waals surface area contributed by atoms with Crippen molar-refractivity contribution in [3.05, 3.63) is 25.3 Å². The van der Waals surface area contributed by atoms with Gasteiger partial charge in [0.2, 0.25) is 0 Å². The summed E-state index contributed by atoms with van der Waals surface area (Å²) in [6.45, 7) is 0.0535. The number of halogens is 2. The van der Waals surface area contributed by atoms with Gasteiger partial charge in [0, 0.05) is 27.1 Å². The third-order valence-electron chi connectivity index (χ3n) is 7.43. The highest BCUT2D eigenvalue weighted by Crippen LogP contribution is 2.44. The van der Waals surface area contributed by atoms with E-state index in [-0.39, 0.29) is 31.3 Å². The molecule has 5 N–H and O–H groups in total. The van der Waals surface area contributed by atoms with Crippen LogP contribution in [0.15, 0.2) is 25.3 Å². The molecule has 4 aromatic heterocycles. The van der Waals surface area contributed by atoms with Crippen LogP contribution in [0.25, 0.3) is 22.3 Å². The van der Waals surface area contributed by atoms with E-state index in [1.54, 1.807) is 15.5 Å². The van der Waals surface area contributed by atoms with E-state index in [4.69, 9.17) is 39.5 Å². The van der Waals surface area contributed by atoms with Crippen molar-refractivity contribution in [2.24, 2.45) is 0 Å². The van der Waals surface area contributed by atoms with E-state index in [2.05, 4.69) is 34.4 Å². The van der Waals surface area contributed by atoms with Gasteiger partial charge in [-0.05, 0) is 0 Å². The number of methoxy groups -OCH3 is 2. The summed E-state index contributed by atoms with van der Waals surface area (Å²) in [5.41, 5.74) is 13.7. The van der Waals surface area contributed by atoms with E-state index in [1.165, 1.54) is 33.2 Å². The van der Waals surface area contributed by atoms with Crippen LogP contribution in [0.2, 0.25) is 0 Å². The Morgan fingerprint density at radius 1 is 0.935 bits per heavy atom. The van der Waals surface area contributed by atoms with E-state index in [0.717, 1.165) is 0 Å². The van der Waals surface area contributed by atoms with Gasteiger partial charge in [-0.2, -0.15) is 0 Å². The van der Waals surface area contributed by atoms with Gasteiger partial charge in [0.25, 0.3) is 6.43 Å². The van der Waals surface area contributed by atoms with Crippen LogP contribution in [0.4, 0.5) is 20.4 Å². The first kappa shape index (κ1) is 32.9. The van der Waals surface area contributed by atoms with Gasteiger partial charge >= 0.3 is 8.53 Å². The minimum atomic E-state index is -2.81. The molecular weight excluding hydrogens is 655 g/mol. The third-order valence-corrected chi connectivity index (χ3v) is 10.2. The van der Waals surface area contributed by atoms with Crippen molar-refractivity contribution in [1.82, 2.24) is 43.5 Å². The summed E-state index contributed by atoms with van der Waals surface area (Å²) in [4.78, 5) is 25.1. The second-order valence-corrected chi connectivity index (χ2v) is 13.1. The Morgan fingerprint density at radius 2 is 1.50 bits per heavy atom. The fourth-order valence-electron chi connectivity index (χ4n) is 5.30. The molecule has 2 aliphatic heterocycles. The van der Waals surface area contributed by atoms with Crippen LogP contribution in [0.1, 0.15) is 25.3 Å². The summed E-state index contributed by atoms with van der Waals surface area (Å²) in [5.74, 6) is -0.463. The molecule has 22 heteroatoms. The molecule has 18 nitrogen and oxygen atoms in total. The van der Waals surface area contributed by atoms with Gasteiger partial charge < -0.3 is 44.0 Å². The maximum absolute atomic E-state index is 13.1. The lowest BCUT2D eigenvalue weighted by molar-refractivity contribution is -0.0553. The zero-order valence-corrected chi connectivity index (χ0v) is 26.3. The molecule has 0 radical (unpaired) electrons. The van der Waals surface area contributed by atoms with Gasteiger partial charge in [-0.15, -0.1) is 0 Å². The number of ether oxygens (including phenoxy) is 4. The number of fused-ring (bicyclic) bond motifs is 2. The molecule has 8 unspecified atom stereocenters. The lowest BCUT2D eigenvalue weighted by atomic mass is 10.2. The fourth-order valence-corrected chi connectivity index (χ4v) is 7.69. The largest absolute Gasteiger partial charge is 0.598 e. The molecule has 2 saturated heterocycles. The molecule has 2 fully saturated rings. The Morgan fingerprint density at radius 3 is 2.04 bits per heavy atom. The molecule has 250 valence electrons. The van der Waals surface area contributed by atoms with Crippen LogP contribution >= 0.6 is 8.53 Å². The van der Waals surface area contributed by atoms with Crippen molar-refractivity contribution < 1.29 is 41.3 Å². The number of anilines is 2. The lowest BCUT2D eigenvalue weighted by Crippen LogP contribution is -2.34. The summed E-state index contributed by atoms with van der Waals surface area (Å²) in [6, 6.07) is 0. The van der Waals surface area contributed by atoms with E-state index >= 15 is 0 Å². The quantitative estimate of drug-likeness (QED) is 0.125. The van der Waals surface area contributed by atoms with E-state index < -0.39 is 68.9 Å². The Balaban J connectivity index is 1.17. The highest BCUT2D eigenvalue weighted by atomic mass is 32.2. The second kappa shape index (κ2) is 14.4. The lowest BCUT2D eigenvalue weighted by Gasteiger charge is -2.26. The maximum Gasteiger partial charge on any atom is 0.301 e. The Labute approximate surface area is 264 Å². The Bertz CT molecular complexity index is 1630. The van der Waals surface area contributed by atoms with Crippen LogP contribution in [-0.2, 0) is 39.4 Å². The molecule has 0 aromatic carbocycles. The minimum absolute atomic E-state index is 0.0857. The molecule has 2 aliphatic rings. The molecule has 0 spiro atoms. The fraction of sp³-hybridized carbons (Fsp3) is 0.583.